The zero-order chi connectivity index (χ0) is 18.4. The van der Waals surface area contributed by atoms with E-state index in [0.29, 0.717) is 30.9 Å². The van der Waals surface area contributed by atoms with Crippen molar-refractivity contribution in [1.82, 2.24) is 20.1 Å². The van der Waals surface area contributed by atoms with Crippen molar-refractivity contribution in [2.45, 2.75) is 39.2 Å². The van der Waals surface area contributed by atoms with Crippen LogP contribution in [0.25, 0.3) is 11.4 Å². The second kappa shape index (κ2) is 9.09. The molecule has 1 aromatic carbocycles. The lowest BCUT2D eigenvalue weighted by Crippen LogP contribution is -2.26. The van der Waals surface area contributed by atoms with Gasteiger partial charge in [0, 0.05) is 38.3 Å². The van der Waals surface area contributed by atoms with Gasteiger partial charge in [-0.1, -0.05) is 29.8 Å². The van der Waals surface area contributed by atoms with Crippen molar-refractivity contribution in [1.29, 1.82) is 0 Å². The Morgan fingerprint density at radius 2 is 2.15 bits per heavy atom. The molecule has 1 aromatic heterocycles. The number of benzene rings is 1. The Kier molecular flexibility index (Phi) is 6.57. The predicted octanol–water partition coefficient (Wildman–Crippen LogP) is 3.24. The first kappa shape index (κ1) is 18.8. The quantitative estimate of drug-likeness (QED) is 0.495. The lowest BCUT2D eigenvalue weighted by Gasteiger charge is -2.08. The second-order valence-electron chi connectivity index (χ2n) is 6.84. The first-order chi connectivity index (χ1) is 12.6. The van der Waals surface area contributed by atoms with Crippen molar-refractivity contribution in [3.05, 3.63) is 34.6 Å². The van der Waals surface area contributed by atoms with Gasteiger partial charge in [0.05, 0.1) is 0 Å². The van der Waals surface area contributed by atoms with E-state index in [1.54, 1.807) is 0 Å². The lowest BCUT2D eigenvalue weighted by atomic mass is 10.1. The fourth-order valence-corrected chi connectivity index (χ4v) is 2.91. The number of aromatic nitrogens is 3. The minimum atomic E-state index is 0.0187. The van der Waals surface area contributed by atoms with Crippen LogP contribution in [0.2, 0.25) is 0 Å². The molecule has 0 spiro atoms. The summed E-state index contributed by atoms with van der Waals surface area (Å²) in [5.41, 5.74) is 2.17. The Bertz CT molecular complexity index is 778. The topological polar surface area (TPSA) is 71.9 Å². The largest absolute Gasteiger partial charge is 0.381 e. The molecule has 1 aliphatic carbocycles. The highest BCUT2D eigenvalue weighted by Gasteiger charge is 2.20. The van der Waals surface area contributed by atoms with Gasteiger partial charge in [0.1, 0.15) is 0 Å². The number of hydrogen-bond acceptors (Lipinski definition) is 4. The van der Waals surface area contributed by atoms with Gasteiger partial charge < -0.3 is 10.1 Å². The van der Waals surface area contributed by atoms with E-state index in [1.807, 2.05) is 35.8 Å². The fourth-order valence-electron chi connectivity index (χ4n) is 2.69. The highest BCUT2D eigenvalue weighted by Crippen LogP contribution is 2.28. The normalized spacial score (nSPS) is 13.7. The summed E-state index contributed by atoms with van der Waals surface area (Å²) in [4.78, 5) is 12.1. The minimum absolute atomic E-state index is 0.0187. The van der Waals surface area contributed by atoms with Gasteiger partial charge in [-0.15, -0.1) is 0 Å². The molecule has 0 aliphatic heterocycles. The van der Waals surface area contributed by atoms with E-state index in [9.17, 15) is 4.79 Å². The van der Waals surface area contributed by atoms with E-state index in [0.717, 1.165) is 30.3 Å². The molecule has 1 saturated carbocycles. The molecular formula is C19H26N4O2S. The minimum Gasteiger partial charge on any atom is -0.381 e. The molecule has 0 radical (unpaired) electrons. The molecule has 140 valence electrons. The van der Waals surface area contributed by atoms with E-state index in [1.165, 1.54) is 18.4 Å². The van der Waals surface area contributed by atoms with Crippen molar-refractivity contribution in [3.8, 4) is 11.4 Å². The van der Waals surface area contributed by atoms with Crippen LogP contribution >= 0.6 is 12.2 Å². The van der Waals surface area contributed by atoms with Crippen LogP contribution in [-0.2, 0) is 16.1 Å². The van der Waals surface area contributed by atoms with Gasteiger partial charge in [-0.2, -0.15) is 5.10 Å². The van der Waals surface area contributed by atoms with Crippen LogP contribution in [0.15, 0.2) is 24.3 Å². The SMILES string of the molecule is Cc1ccc(-c2n[nH]c(=S)n2CCC(=O)NCCCOCC2CC2)cc1. The molecule has 6 nitrogen and oxygen atoms in total. The van der Waals surface area contributed by atoms with Gasteiger partial charge in [-0.25, -0.2) is 0 Å². The van der Waals surface area contributed by atoms with Gasteiger partial charge in [-0.05, 0) is 44.3 Å². The van der Waals surface area contributed by atoms with Crippen LogP contribution in [-0.4, -0.2) is 40.4 Å². The number of nitrogens with one attached hydrogen (secondary N) is 2. The molecule has 1 amide bonds. The van der Waals surface area contributed by atoms with Crippen molar-refractivity contribution < 1.29 is 9.53 Å². The fraction of sp³-hybridized carbons (Fsp3) is 0.526. The van der Waals surface area contributed by atoms with E-state index < -0.39 is 0 Å². The Hall–Kier alpha value is -1.99. The molecule has 0 unspecified atom stereocenters. The molecule has 0 atom stereocenters. The number of amides is 1. The number of carbonyl (C=O) groups excluding carboxylic acids is 1. The molecule has 1 aliphatic rings. The van der Waals surface area contributed by atoms with Gasteiger partial charge in [0.15, 0.2) is 10.6 Å². The summed E-state index contributed by atoms with van der Waals surface area (Å²) < 4.78 is 7.97. The average molecular weight is 375 g/mol. The Morgan fingerprint density at radius 1 is 1.38 bits per heavy atom. The third-order valence-electron chi connectivity index (χ3n) is 4.47. The first-order valence-corrected chi connectivity index (χ1v) is 9.61. The monoisotopic (exact) mass is 374 g/mol. The number of aryl methyl sites for hydroxylation is 1. The van der Waals surface area contributed by atoms with Gasteiger partial charge in [-0.3, -0.25) is 14.5 Å². The smallest absolute Gasteiger partial charge is 0.221 e. The van der Waals surface area contributed by atoms with Crippen LogP contribution in [0.4, 0.5) is 0 Å². The number of aromatic amines is 1. The second-order valence-corrected chi connectivity index (χ2v) is 7.23. The molecule has 7 heteroatoms. The van der Waals surface area contributed by atoms with Gasteiger partial charge >= 0.3 is 0 Å². The van der Waals surface area contributed by atoms with Crippen molar-refractivity contribution in [2.75, 3.05) is 19.8 Å². The summed E-state index contributed by atoms with van der Waals surface area (Å²) in [7, 11) is 0. The Labute approximate surface area is 159 Å². The number of H-pyrrole nitrogens is 1. The zero-order valence-electron chi connectivity index (χ0n) is 15.2. The van der Waals surface area contributed by atoms with E-state index in [2.05, 4.69) is 15.5 Å². The third kappa shape index (κ3) is 5.51. The first-order valence-electron chi connectivity index (χ1n) is 9.20. The van der Waals surface area contributed by atoms with Crippen molar-refractivity contribution in [2.24, 2.45) is 5.92 Å². The summed E-state index contributed by atoms with van der Waals surface area (Å²) >= 11 is 5.31. The molecule has 26 heavy (non-hydrogen) atoms. The molecule has 3 rings (SSSR count). The molecule has 0 bridgehead atoms. The van der Waals surface area contributed by atoms with E-state index >= 15 is 0 Å². The van der Waals surface area contributed by atoms with Crippen LogP contribution < -0.4 is 5.32 Å². The summed E-state index contributed by atoms with van der Waals surface area (Å²) in [6, 6.07) is 8.10. The molecule has 1 heterocycles. The van der Waals surface area contributed by atoms with Crippen molar-refractivity contribution >= 4 is 18.1 Å². The predicted molar refractivity (Wildman–Crippen MR) is 103 cm³/mol. The maximum atomic E-state index is 12.1. The van der Waals surface area contributed by atoms with Crippen LogP contribution in [0, 0.1) is 17.6 Å². The Balaban J connectivity index is 1.43. The summed E-state index contributed by atoms with van der Waals surface area (Å²) in [6.45, 7) is 4.77. The number of hydrogen-bond donors (Lipinski definition) is 2. The summed E-state index contributed by atoms with van der Waals surface area (Å²) in [6.07, 6.45) is 3.82. The molecular weight excluding hydrogens is 348 g/mol. The number of ether oxygens (including phenoxy) is 1. The van der Waals surface area contributed by atoms with E-state index in [4.69, 9.17) is 17.0 Å². The standard InChI is InChI=1S/C19H26N4O2S/c1-14-3-7-16(8-4-14)18-21-22-19(26)23(18)11-9-17(24)20-10-2-12-25-13-15-5-6-15/h3-4,7-8,15H,2,5-6,9-13H2,1H3,(H,20,24)(H,22,26). The van der Waals surface area contributed by atoms with Crippen molar-refractivity contribution in [3.63, 3.8) is 0 Å². The number of rotatable bonds is 10. The van der Waals surface area contributed by atoms with E-state index in [-0.39, 0.29) is 5.91 Å². The molecule has 2 aromatic rings. The number of carbonyl (C=O) groups is 1. The van der Waals surface area contributed by atoms with Gasteiger partial charge in [0.25, 0.3) is 0 Å². The van der Waals surface area contributed by atoms with Gasteiger partial charge in [0.2, 0.25) is 5.91 Å². The number of nitrogens with zero attached hydrogens (tertiary/aromatic N) is 2. The maximum Gasteiger partial charge on any atom is 0.221 e. The molecule has 0 saturated heterocycles. The molecule has 1 fully saturated rings. The average Bonchev–Trinajstić information content (AvgIpc) is 3.39. The van der Waals surface area contributed by atoms with Crippen LogP contribution in [0.5, 0.6) is 0 Å². The Morgan fingerprint density at radius 3 is 2.88 bits per heavy atom. The van der Waals surface area contributed by atoms with Crippen LogP contribution in [0.1, 0.15) is 31.2 Å². The summed E-state index contributed by atoms with van der Waals surface area (Å²) in [5, 5.41) is 10.1. The maximum absolute atomic E-state index is 12.1. The third-order valence-corrected chi connectivity index (χ3v) is 4.78. The highest BCUT2D eigenvalue weighted by molar-refractivity contribution is 7.71. The summed E-state index contributed by atoms with van der Waals surface area (Å²) in [5.74, 6) is 1.56. The molecule has 2 N–H and O–H groups in total. The zero-order valence-corrected chi connectivity index (χ0v) is 16.0. The van der Waals surface area contributed by atoms with Crippen LogP contribution in [0.3, 0.4) is 0 Å². The highest BCUT2D eigenvalue weighted by atomic mass is 32.1. The lowest BCUT2D eigenvalue weighted by molar-refractivity contribution is -0.121.